The number of nitrogens with zero attached hydrogens (tertiary/aromatic N) is 3. The van der Waals surface area contributed by atoms with E-state index in [0.29, 0.717) is 18.7 Å². The Kier molecular flexibility index (Phi) is 6.58. The van der Waals surface area contributed by atoms with Gasteiger partial charge in [-0.15, -0.1) is 0 Å². The predicted molar refractivity (Wildman–Crippen MR) is 104 cm³/mol. The maximum atomic E-state index is 12.5. The third-order valence-corrected chi connectivity index (χ3v) is 6.21. The van der Waals surface area contributed by atoms with Crippen molar-refractivity contribution in [2.75, 3.05) is 34.1 Å². The van der Waals surface area contributed by atoms with Gasteiger partial charge in [-0.1, -0.05) is 20.8 Å². The third-order valence-electron chi connectivity index (χ3n) is 4.42. The first-order valence-electron chi connectivity index (χ1n) is 8.65. The standard InChI is InChI=1S/C18H28N3O5P/c1-18(2,3)16-12(8-9-24-5)15-17(21(16)4)20-13(10-19-15)14(22)11-27(23,25-6)26-7/h10H,8-9,11H2,1-7H3. The van der Waals surface area contributed by atoms with E-state index in [1.807, 2.05) is 11.6 Å². The van der Waals surface area contributed by atoms with Crippen LogP contribution in [0, 0.1) is 0 Å². The van der Waals surface area contributed by atoms with Crippen molar-refractivity contribution in [1.82, 2.24) is 14.5 Å². The first-order chi connectivity index (χ1) is 12.6. The summed E-state index contributed by atoms with van der Waals surface area (Å²) in [6.45, 7) is 6.93. The van der Waals surface area contributed by atoms with Gasteiger partial charge >= 0.3 is 7.60 Å². The summed E-state index contributed by atoms with van der Waals surface area (Å²) in [5.74, 6) is -0.437. The number of aromatic nitrogens is 3. The maximum Gasteiger partial charge on any atom is 0.337 e. The summed E-state index contributed by atoms with van der Waals surface area (Å²) in [6, 6.07) is 0. The first-order valence-corrected chi connectivity index (χ1v) is 10.4. The molecule has 0 radical (unpaired) electrons. The molecule has 0 atom stereocenters. The molecule has 8 nitrogen and oxygen atoms in total. The molecule has 0 N–H and O–H groups in total. The molecule has 2 rings (SSSR count). The molecular weight excluding hydrogens is 369 g/mol. The Hall–Kier alpha value is -1.60. The van der Waals surface area contributed by atoms with Crippen molar-refractivity contribution in [3.05, 3.63) is 23.1 Å². The zero-order valence-corrected chi connectivity index (χ0v) is 17.9. The van der Waals surface area contributed by atoms with Gasteiger partial charge in [0.15, 0.2) is 11.4 Å². The minimum Gasteiger partial charge on any atom is -0.384 e. The van der Waals surface area contributed by atoms with Gasteiger partial charge in [-0.25, -0.2) is 4.98 Å². The SMILES string of the molecule is COCCc1c(C(C)(C)C)n(C)c2nc(C(=O)CP(=O)(OC)OC)cnc12. The van der Waals surface area contributed by atoms with Crippen molar-refractivity contribution in [3.8, 4) is 0 Å². The van der Waals surface area contributed by atoms with E-state index in [9.17, 15) is 9.36 Å². The fraction of sp³-hybridized carbons (Fsp3) is 0.611. The van der Waals surface area contributed by atoms with Gasteiger partial charge in [-0.05, 0) is 6.42 Å². The van der Waals surface area contributed by atoms with Crippen LogP contribution in [0.4, 0.5) is 0 Å². The van der Waals surface area contributed by atoms with Crippen molar-refractivity contribution in [1.29, 1.82) is 0 Å². The number of carbonyl (C=O) groups is 1. The van der Waals surface area contributed by atoms with E-state index in [2.05, 4.69) is 30.7 Å². The first kappa shape index (κ1) is 21.7. The van der Waals surface area contributed by atoms with E-state index < -0.39 is 13.4 Å². The maximum absolute atomic E-state index is 12.5. The fourth-order valence-corrected chi connectivity index (χ4v) is 4.16. The van der Waals surface area contributed by atoms with Crippen LogP contribution in [0.1, 0.15) is 42.5 Å². The van der Waals surface area contributed by atoms with E-state index in [0.717, 1.165) is 16.8 Å². The summed E-state index contributed by atoms with van der Waals surface area (Å²) in [6.07, 6.45) is 1.74. The molecule has 0 aliphatic heterocycles. The van der Waals surface area contributed by atoms with E-state index >= 15 is 0 Å². The molecule has 0 saturated heterocycles. The smallest absolute Gasteiger partial charge is 0.337 e. The number of fused-ring (bicyclic) bond motifs is 1. The quantitative estimate of drug-likeness (QED) is 0.499. The van der Waals surface area contributed by atoms with Gasteiger partial charge < -0.3 is 18.4 Å². The summed E-state index contributed by atoms with van der Waals surface area (Å²) in [7, 11) is 2.62. The Morgan fingerprint density at radius 1 is 1.22 bits per heavy atom. The molecule has 2 aromatic heterocycles. The Bertz CT molecular complexity index is 877. The molecule has 0 aliphatic rings. The highest BCUT2D eigenvalue weighted by Crippen LogP contribution is 2.46. The molecule has 0 aromatic carbocycles. The van der Waals surface area contributed by atoms with Crippen molar-refractivity contribution in [2.24, 2.45) is 7.05 Å². The summed E-state index contributed by atoms with van der Waals surface area (Å²) in [5, 5.41) is 0. The molecule has 9 heteroatoms. The molecule has 2 heterocycles. The number of Topliss-reactive ketones (excluding diaryl/α,β-unsaturated/α-hetero) is 1. The van der Waals surface area contributed by atoms with Crippen LogP contribution in [0.5, 0.6) is 0 Å². The van der Waals surface area contributed by atoms with Crippen molar-refractivity contribution < 1.29 is 23.1 Å². The number of aryl methyl sites for hydroxylation is 1. The second kappa shape index (κ2) is 8.19. The highest BCUT2D eigenvalue weighted by Gasteiger charge is 2.29. The molecular formula is C18H28N3O5P. The lowest BCUT2D eigenvalue weighted by atomic mass is 9.88. The number of hydrogen-bond donors (Lipinski definition) is 0. The van der Waals surface area contributed by atoms with Crippen LogP contribution in [-0.4, -0.2) is 54.4 Å². The van der Waals surface area contributed by atoms with Gasteiger partial charge in [0.05, 0.1) is 12.8 Å². The van der Waals surface area contributed by atoms with E-state index in [1.54, 1.807) is 7.11 Å². The number of ketones is 1. The van der Waals surface area contributed by atoms with Crippen molar-refractivity contribution >= 4 is 24.5 Å². The van der Waals surface area contributed by atoms with Crippen LogP contribution in [0.15, 0.2) is 6.20 Å². The molecule has 27 heavy (non-hydrogen) atoms. The zero-order chi connectivity index (χ0) is 20.4. The molecule has 0 aliphatic carbocycles. The molecule has 0 bridgehead atoms. The Morgan fingerprint density at radius 2 is 1.85 bits per heavy atom. The van der Waals surface area contributed by atoms with Crippen LogP contribution in [-0.2, 0) is 37.2 Å². The van der Waals surface area contributed by atoms with E-state index in [1.165, 1.54) is 20.4 Å². The lowest BCUT2D eigenvalue weighted by molar-refractivity contribution is 0.100. The monoisotopic (exact) mass is 397 g/mol. The Labute approximate surface area is 159 Å². The predicted octanol–water partition coefficient (Wildman–Crippen LogP) is 3.12. The van der Waals surface area contributed by atoms with Crippen LogP contribution in [0.2, 0.25) is 0 Å². The molecule has 0 fully saturated rings. The van der Waals surface area contributed by atoms with Gasteiger partial charge in [0.25, 0.3) is 0 Å². The van der Waals surface area contributed by atoms with Gasteiger partial charge in [0.1, 0.15) is 17.4 Å². The van der Waals surface area contributed by atoms with E-state index in [-0.39, 0.29) is 17.3 Å². The summed E-state index contributed by atoms with van der Waals surface area (Å²) in [4.78, 5) is 21.5. The summed E-state index contributed by atoms with van der Waals surface area (Å²) < 4.78 is 29.1. The third kappa shape index (κ3) is 4.46. The van der Waals surface area contributed by atoms with Crippen molar-refractivity contribution in [3.63, 3.8) is 0 Å². The van der Waals surface area contributed by atoms with Crippen LogP contribution < -0.4 is 0 Å². The highest BCUT2D eigenvalue weighted by molar-refractivity contribution is 7.54. The number of carbonyl (C=O) groups excluding carboxylic acids is 1. The van der Waals surface area contributed by atoms with Crippen molar-refractivity contribution in [2.45, 2.75) is 32.6 Å². The number of rotatable bonds is 8. The largest absolute Gasteiger partial charge is 0.384 e. The lowest BCUT2D eigenvalue weighted by Gasteiger charge is -2.22. The van der Waals surface area contributed by atoms with Crippen LogP contribution >= 0.6 is 7.60 Å². The number of hydrogen-bond acceptors (Lipinski definition) is 7. The number of ether oxygens (including phenoxy) is 1. The van der Waals surface area contributed by atoms with Gasteiger partial charge in [-0.3, -0.25) is 14.3 Å². The number of methoxy groups -OCH3 is 1. The van der Waals surface area contributed by atoms with E-state index in [4.69, 9.17) is 13.8 Å². The average Bonchev–Trinajstić information content (AvgIpc) is 2.91. The molecule has 0 saturated carbocycles. The summed E-state index contributed by atoms with van der Waals surface area (Å²) in [5.41, 5.74) is 3.52. The average molecular weight is 397 g/mol. The van der Waals surface area contributed by atoms with Crippen LogP contribution in [0.3, 0.4) is 0 Å². The molecule has 2 aromatic rings. The molecule has 0 amide bonds. The lowest BCUT2D eigenvalue weighted by Crippen LogP contribution is -2.19. The minimum atomic E-state index is -3.46. The Balaban J connectivity index is 2.55. The Morgan fingerprint density at radius 3 is 2.37 bits per heavy atom. The summed E-state index contributed by atoms with van der Waals surface area (Å²) >= 11 is 0. The minimum absolute atomic E-state index is 0.133. The zero-order valence-electron chi connectivity index (χ0n) is 17.0. The van der Waals surface area contributed by atoms with Gasteiger partial charge in [-0.2, -0.15) is 0 Å². The molecule has 150 valence electrons. The normalized spacial score (nSPS) is 12.7. The second-order valence-corrected chi connectivity index (χ2v) is 9.63. The van der Waals surface area contributed by atoms with Crippen LogP contribution in [0.25, 0.3) is 11.2 Å². The fourth-order valence-electron chi connectivity index (χ4n) is 3.24. The van der Waals surface area contributed by atoms with Gasteiger partial charge in [0.2, 0.25) is 0 Å². The second-order valence-electron chi connectivity index (χ2n) is 7.36. The molecule has 0 spiro atoms. The topological polar surface area (TPSA) is 92.5 Å². The highest BCUT2D eigenvalue weighted by atomic mass is 31.2. The van der Waals surface area contributed by atoms with Gasteiger partial charge in [0, 0.05) is 45.0 Å². The molecule has 0 unspecified atom stereocenters.